The van der Waals surface area contributed by atoms with Gasteiger partial charge >= 0.3 is 0 Å². The van der Waals surface area contributed by atoms with Gasteiger partial charge in [0, 0.05) is 18.3 Å². The largest absolute Gasteiger partial charge is 0.265 e. The van der Waals surface area contributed by atoms with E-state index < -0.39 is 0 Å². The van der Waals surface area contributed by atoms with E-state index in [1.807, 2.05) is 24.4 Å². The van der Waals surface area contributed by atoms with Gasteiger partial charge in [0.05, 0.1) is 0 Å². The summed E-state index contributed by atoms with van der Waals surface area (Å²) in [5.41, 5.74) is 12.5. The van der Waals surface area contributed by atoms with Crippen LogP contribution in [0.5, 0.6) is 0 Å². The van der Waals surface area contributed by atoms with Crippen LogP contribution in [-0.4, -0.2) is 6.21 Å². The molecule has 0 bridgehead atoms. The number of nitrogens with zero attached hydrogens (tertiary/aromatic N) is 1. The average molecular weight is 618 g/mol. The van der Waals surface area contributed by atoms with Gasteiger partial charge in [-0.25, -0.2) is 0 Å². The van der Waals surface area contributed by atoms with Crippen LogP contribution in [0, 0.1) is 0 Å². The van der Waals surface area contributed by atoms with E-state index in [1.165, 1.54) is 44.5 Å². The van der Waals surface area contributed by atoms with Gasteiger partial charge in [-0.05, 0) is 96.1 Å². The molecule has 1 nitrogen and oxygen atoms in total. The molecule has 2 aromatic carbocycles. The number of allylic oxidation sites excluding steroid dienone is 17. The van der Waals surface area contributed by atoms with E-state index in [9.17, 15) is 0 Å². The van der Waals surface area contributed by atoms with Crippen LogP contribution < -0.4 is 0 Å². The summed E-state index contributed by atoms with van der Waals surface area (Å²) in [7, 11) is 0. The number of rotatable bonds is 16. The lowest BCUT2D eigenvalue weighted by molar-refractivity contribution is 0.813. The molecular weight excluding hydrogens is 567 g/mol. The Kier molecular flexibility index (Phi) is 15.7. The van der Waals surface area contributed by atoms with E-state index >= 15 is 0 Å². The lowest BCUT2D eigenvalue weighted by Gasteiger charge is -2.23. The molecule has 1 aliphatic rings. The fourth-order valence-electron chi connectivity index (χ4n) is 5.72. The van der Waals surface area contributed by atoms with Gasteiger partial charge in [0.2, 0.25) is 0 Å². The molecule has 3 rings (SSSR count). The van der Waals surface area contributed by atoms with Crippen molar-refractivity contribution in [3.8, 4) is 0 Å². The summed E-state index contributed by atoms with van der Waals surface area (Å²) in [6.07, 6.45) is 37.8. The third-order valence-corrected chi connectivity index (χ3v) is 8.37. The minimum absolute atomic E-state index is 0.196. The minimum Gasteiger partial charge on any atom is -0.265 e. The Bertz CT molecular complexity index is 1670. The zero-order valence-electron chi connectivity index (χ0n) is 28.7. The number of hydrogen-bond donors (Lipinski definition) is 0. The molecule has 0 aromatic heterocycles. The quantitative estimate of drug-likeness (QED) is 0.131. The Morgan fingerprint density at radius 1 is 0.894 bits per heavy atom. The van der Waals surface area contributed by atoms with E-state index in [-0.39, 0.29) is 5.92 Å². The van der Waals surface area contributed by atoms with Crippen molar-refractivity contribution in [1.82, 2.24) is 0 Å². The first-order chi connectivity index (χ1) is 23.0. The third kappa shape index (κ3) is 11.1. The molecule has 0 fully saturated rings. The molecule has 0 heterocycles. The van der Waals surface area contributed by atoms with Crippen LogP contribution in [0.15, 0.2) is 181 Å². The summed E-state index contributed by atoms with van der Waals surface area (Å²) in [6, 6.07) is 15.5. The molecule has 0 spiro atoms. The second-order valence-electron chi connectivity index (χ2n) is 11.6. The Hall–Kier alpha value is -5.01. The summed E-state index contributed by atoms with van der Waals surface area (Å²) in [5.74, 6) is 0.196. The number of benzene rings is 2. The molecule has 0 saturated heterocycles. The van der Waals surface area contributed by atoms with Gasteiger partial charge in [-0.15, -0.1) is 0 Å². The lowest BCUT2D eigenvalue weighted by Crippen LogP contribution is -2.05. The molecule has 1 unspecified atom stereocenters. The molecule has 240 valence electrons. The monoisotopic (exact) mass is 617 g/mol. The Labute approximate surface area is 285 Å². The topological polar surface area (TPSA) is 12.4 Å². The molecule has 0 saturated carbocycles. The Morgan fingerprint density at radius 2 is 1.64 bits per heavy atom. The van der Waals surface area contributed by atoms with Crippen molar-refractivity contribution in [2.24, 2.45) is 4.99 Å². The summed E-state index contributed by atoms with van der Waals surface area (Å²) < 4.78 is 0. The lowest BCUT2D eigenvalue weighted by atomic mass is 9.81. The predicted octanol–water partition coefficient (Wildman–Crippen LogP) is 12.8. The third-order valence-electron chi connectivity index (χ3n) is 8.37. The van der Waals surface area contributed by atoms with Crippen LogP contribution in [-0.2, 0) is 12.8 Å². The van der Waals surface area contributed by atoms with Crippen LogP contribution in [0.3, 0.4) is 0 Å². The van der Waals surface area contributed by atoms with Crippen molar-refractivity contribution in [3.63, 3.8) is 0 Å². The summed E-state index contributed by atoms with van der Waals surface area (Å²) in [5, 5.41) is 0. The van der Waals surface area contributed by atoms with E-state index in [0.29, 0.717) is 0 Å². The van der Waals surface area contributed by atoms with E-state index in [2.05, 4.69) is 155 Å². The van der Waals surface area contributed by atoms with Gasteiger partial charge in [-0.1, -0.05) is 166 Å². The maximum absolute atomic E-state index is 4.15. The van der Waals surface area contributed by atoms with Crippen LogP contribution in [0.4, 0.5) is 0 Å². The zero-order valence-corrected chi connectivity index (χ0v) is 28.7. The highest BCUT2D eigenvalue weighted by Crippen LogP contribution is 2.37. The van der Waals surface area contributed by atoms with E-state index in [0.717, 1.165) is 43.2 Å². The van der Waals surface area contributed by atoms with Crippen molar-refractivity contribution in [2.45, 2.75) is 58.8 Å². The predicted molar refractivity (Wildman–Crippen MR) is 211 cm³/mol. The SMILES string of the molecule is C=CC=N/C=C\Cc1ccc(C\C=C/C(=C\C=C)C(=C2/C=CCCC2)/C(/C=C\C=C)=C(/C)C(C)c2ccc(C=C)c(/C=C\C)c2)cc1. The van der Waals surface area contributed by atoms with Crippen LogP contribution in [0.25, 0.3) is 12.2 Å². The van der Waals surface area contributed by atoms with Crippen molar-refractivity contribution in [2.75, 3.05) is 0 Å². The first kappa shape index (κ1) is 36.5. The van der Waals surface area contributed by atoms with Crippen LogP contribution >= 0.6 is 0 Å². The zero-order chi connectivity index (χ0) is 33.9. The van der Waals surface area contributed by atoms with E-state index in [1.54, 1.807) is 12.3 Å². The Balaban J connectivity index is 2.04. The maximum Gasteiger partial charge on any atom is 0.0261 e. The molecule has 0 amide bonds. The highest BCUT2D eigenvalue weighted by molar-refractivity contribution is 5.70. The van der Waals surface area contributed by atoms with Gasteiger partial charge in [0.15, 0.2) is 0 Å². The maximum atomic E-state index is 4.15. The highest BCUT2D eigenvalue weighted by atomic mass is 14.6. The standard InChI is InChI=1S/C46H51N/c1-8-13-26-45(37(7)36(6)43-32-31-40(12-5)44(35-43)20-10-3)46(42-23-15-14-16-24-42)41(19-9-2)25-17-21-38-27-29-39(30-28-38)22-18-34-47-33-11-4/h8-13,15,17-20,23,25-36H,1-2,4-5,14,16,21-22,24H2,3,6-7H3/b20-10-,25-17-,26-13-,34-18-,41-19+,45-37-,46-42+,47-33?. The smallest absolute Gasteiger partial charge is 0.0261 e. The van der Waals surface area contributed by atoms with E-state index in [4.69, 9.17) is 0 Å². The molecule has 47 heavy (non-hydrogen) atoms. The van der Waals surface area contributed by atoms with Crippen molar-refractivity contribution in [3.05, 3.63) is 204 Å². The second kappa shape index (κ2) is 20.2. The van der Waals surface area contributed by atoms with Crippen molar-refractivity contribution < 1.29 is 0 Å². The van der Waals surface area contributed by atoms with Gasteiger partial charge < -0.3 is 0 Å². The molecule has 1 aliphatic carbocycles. The van der Waals surface area contributed by atoms with Crippen molar-refractivity contribution >= 4 is 18.4 Å². The van der Waals surface area contributed by atoms with Crippen molar-refractivity contribution in [1.29, 1.82) is 0 Å². The molecule has 0 aliphatic heterocycles. The Morgan fingerprint density at radius 3 is 2.26 bits per heavy atom. The van der Waals surface area contributed by atoms with Crippen LogP contribution in [0.1, 0.15) is 73.8 Å². The second-order valence-corrected chi connectivity index (χ2v) is 11.6. The first-order valence-electron chi connectivity index (χ1n) is 16.6. The molecule has 2 aromatic rings. The minimum atomic E-state index is 0.196. The number of hydrogen-bond acceptors (Lipinski definition) is 1. The molecule has 0 radical (unpaired) electrons. The van der Waals surface area contributed by atoms with Gasteiger partial charge in [0.25, 0.3) is 0 Å². The normalized spacial score (nSPS) is 16.4. The highest BCUT2D eigenvalue weighted by Gasteiger charge is 2.19. The fraction of sp³-hybridized carbons (Fsp3) is 0.196. The average Bonchev–Trinajstić information content (AvgIpc) is 3.10. The number of aliphatic imine (C=N–C) groups is 1. The van der Waals surface area contributed by atoms with Gasteiger partial charge in [-0.2, -0.15) is 0 Å². The summed E-state index contributed by atoms with van der Waals surface area (Å²) in [6.45, 7) is 22.4. The summed E-state index contributed by atoms with van der Waals surface area (Å²) in [4.78, 5) is 4.15. The van der Waals surface area contributed by atoms with Crippen LogP contribution in [0.2, 0.25) is 0 Å². The molecular formula is C46H51N. The van der Waals surface area contributed by atoms with Gasteiger partial charge in [0.1, 0.15) is 0 Å². The first-order valence-corrected chi connectivity index (χ1v) is 16.6. The molecule has 1 atom stereocenters. The summed E-state index contributed by atoms with van der Waals surface area (Å²) >= 11 is 0. The molecule has 0 N–H and O–H groups in total. The fourth-order valence-corrected chi connectivity index (χ4v) is 5.72. The van der Waals surface area contributed by atoms with Gasteiger partial charge in [-0.3, -0.25) is 4.99 Å². The molecule has 1 heteroatoms.